The number of imidazole rings is 1. The second-order valence-electron chi connectivity index (χ2n) is 5.87. The molecule has 0 spiro atoms. The van der Waals surface area contributed by atoms with Crippen LogP contribution in [0.1, 0.15) is 56.8 Å². The van der Waals surface area contributed by atoms with Crippen LogP contribution in [-0.2, 0) is 0 Å². The molecule has 0 amide bonds. The highest BCUT2D eigenvalue weighted by Crippen LogP contribution is 2.38. The molecule has 1 saturated carbocycles. The number of fused-ring (bicyclic) bond motifs is 1. The van der Waals surface area contributed by atoms with Crippen LogP contribution in [-0.4, -0.2) is 9.55 Å². The monoisotopic (exact) mass is 310 g/mol. The molecule has 1 aromatic carbocycles. The van der Waals surface area contributed by atoms with Crippen LogP contribution in [0, 0.1) is 5.92 Å². The standard InChI is InChI=1S/C16H20Cl2N2/c1-10(17)16-19-14-8-7-13(18)9-15(14)20(16)11(2)12-5-3-4-6-12/h7-12H,3-6H2,1-2H3. The van der Waals surface area contributed by atoms with Crippen molar-refractivity contribution in [1.82, 2.24) is 9.55 Å². The van der Waals surface area contributed by atoms with Crippen LogP contribution in [0.4, 0.5) is 0 Å². The summed E-state index contributed by atoms with van der Waals surface area (Å²) >= 11 is 12.5. The molecule has 4 heteroatoms. The van der Waals surface area contributed by atoms with Crippen molar-refractivity contribution in [2.45, 2.75) is 50.9 Å². The minimum absolute atomic E-state index is 0.0926. The van der Waals surface area contributed by atoms with E-state index in [2.05, 4.69) is 11.5 Å². The molecule has 108 valence electrons. The van der Waals surface area contributed by atoms with E-state index in [1.807, 2.05) is 25.1 Å². The Morgan fingerprint density at radius 2 is 1.95 bits per heavy atom. The van der Waals surface area contributed by atoms with E-state index in [4.69, 9.17) is 28.2 Å². The van der Waals surface area contributed by atoms with Crippen LogP contribution >= 0.6 is 23.2 Å². The molecule has 1 aliphatic carbocycles. The molecular formula is C16H20Cl2N2. The lowest BCUT2D eigenvalue weighted by atomic mass is 9.99. The van der Waals surface area contributed by atoms with Gasteiger partial charge in [0.05, 0.1) is 16.4 Å². The number of alkyl halides is 1. The average Bonchev–Trinajstić information content (AvgIpc) is 3.04. The zero-order valence-electron chi connectivity index (χ0n) is 11.9. The molecule has 1 heterocycles. The van der Waals surface area contributed by atoms with Crippen LogP contribution < -0.4 is 0 Å². The summed E-state index contributed by atoms with van der Waals surface area (Å²) in [6, 6.07) is 6.32. The van der Waals surface area contributed by atoms with Gasteiger partial charge in [0.2, 0.25) is 0 Å². The minimum Gasteiger partial charge on any atom is -0.324 e. The summed E-state index contributed by atoms with van der Waals surface area (Å²) in [4.78, 5) is 4.72. The van der Waals surface area contributed by atoms with Crippen molar-refractivity contribution in [1.29, 1.82) is 0 Å². The van der Waals surface area contributed by atoms with Gasteiger partial charge in [0.1, 0.15) is 5.82 Å². The molecule has 20 heavy (non-hydrogen) atoms. The number of nitrogens with zero attached hydrogens (tertiary/aromatic N) is 2. The molecule has 2 atom stereocenters. The third-order valence-electron chi connectivity index (χ3n) is 4.52. The lowest BCUT2D eigenvalue weighted by Crippen LogP contribution is -2.17. The SMILES string of the molecule is CC(Cl)c1nc2ccc(Cl)cc2n1C(C)C1CCCC1. The van der Waals surface area contributed by atoms with Gasteiger partial charge in [0, 0.05) is 11.1 Å². The summed E-state index contributed by atoms with van der Waals surface area (Å²) < 4.78 is 2.31. The number of rotatable bonds is 3. The molecule has 1 fully saturated rings. The van der Waals surface area contributed by atoms with E-state index < -0.39 is 0 Å². The summed E-state index contributed by atoms with van der Waals surface area (Å²) in [5, 5.41) is 0.663. The van der Waals surface area contributed by atoms with Crippen LogP contribution in [0.3, 0.4) is 0 Å². The molecule has 0 saturated heterocycles. The van der Waals surface area contributed by atoms with Crippen molar-refractivity contribution >= 4 is 34.2 Å². The third kappa shape index (κ3) is 2.44. The first-order valence-electron chi connectivity index (χ1n) is 7.39. The molecule has 0 bridgehead atoms. The smallest absolute Gasteiger partial charge is 0.127 e. The van der Waals surface area contributed by atoms with Gasteiger partial charge in [-0.15, -0.1) is 11.6 Å². The van der Waals surface area contributed by atoms with E-state index in [-0.39, 0.29) is 5.38 Å². The van der Waals surface area contributed by atoms with E-state index in [1.165, 1.54) is 25.7 Å². The van der Waals surface area contributed by atoms with Gasteiger partial charge in [-0.2, -0.15) is 0 Å². The predicted molar refractivity (Wildman–Crippen MR) is 85.7 cm³/mol. The highest BCUT2D eigenvalue weighted by Gasteiger charge is 2.27. The van der Waals surface area contributed by atoms with Crippen LogP contribution in [0.15, 0.2) is 18.2 Å². The van der Waals surface area contributed by atoms with Crippen molar-refractivity contribution in [3.8, 4) is 0 Å². The van der Waals surface area contributed by atoms with Crippen LogP contribution in [0.25, 0.3) is 11.0 Å². The molecule has 2 aromatic rings. The topological polar surface area (TPSA) is 17.8 Å². The van der Waals surface area contributed by atoms with Gasteiger partial charge >= 0.3 is 0 Å². The molecule has 1 aromatic heterocycles. The number of hydrogen-bond acceptors (Lipinski definition) is 1. The normalized spacial score (nSPS) is 19.6. The minimum atomic E-state index is -0.0926. The second kappa shape index (κ2) is 5.57. The maximum absolute atomic E-state index is 6.35. The summed E-state index contributed by atoms with van der Waals surface area (Å²) in [6.07, 6.45) is 5.29. The van der Waals surface area contributed by atoms with Gasteiger partial charge in [-0.25, -0.2) is 4.98 Å². The number of hydrogen-bond donors (Lipinski definition) is 0. The number of benzene rings is 1. The Bertz CT molecular complexity index is 612. The number of aromatic nitrogens is 2. The molecule has 0 aliphatic heterocycles. The fourth-order valence-electron chi connectivity index (χ4n) is 3.44. The zero-order valence-corrected chi connectivity index (χ0v) is 13.5. The summed E-state index contributed by atoms with van der Waals surface area (Å²) in [5.41, 5.74) is 2.10. The van der Waals surface area contributed by atoms with Gasteiger partial charge in [-0.3, -0.25) is 0 Å². The first kappa shape index (κ1) is 14.2. The summed E-state index contributed by atoms with van der Waals surface area (Å²) in [6.45, 7) is 4.28. The average molecular weight is 311 g/mol. The molecule has 1 aliphatic rings. The lowest BCUT2D eigenvalue weighted by Gasteiger charge is -2.24. The lowest BCUT2D eigenvalue weighted by molar-refractivity contribution is 0.359. The van der Waals surface area contributed by atoms with E-state index in [9.17, 15) is 0 Å². The van der Waals surface area contributed by atoms with Gasteiger partial charge < -0.3 is 4.57 Å². The Labute approximate surface area is 130 Å². The summed E-state index contributed by atoms with van der Waals surface area (Å²) in [5.74, 6) is 1.68. The van der Waals surface area contributed by atoms with Crippen molar-refractivity contribution in [3.63, 3.8) is 0 Å². The summed E-state index contributed by atoms with van der Waals surface area (Å²) in [7, 11) is 0. The third-order valence-corrected chi connectivity index (χ3v) is 4.95. The first-order chi connectivity index (χ1) is 9.58. The van der Waals surface area contributed by atoms with E-state index in [0.717, 1.165) is 27.8 Å². The van der Waals surface area contributed by atoms with E-state index >= 15 is 0 Å². The Morgan fingerprint density at radius 3 is 2.60 bits per heavy atom. The highest BCUT2D eigenvalue weighted by atomic mass is 35.5. The van der Waals surface area contributed by atoms with Gasteiger partial charge in [0.25, 0.3) is 0 Å². The fourth-order valence-corrected chi connectivity index (χ4v) is 3.76. The molecule has 0 radical (unpaired) electrons. The number of halogens is 2. The molecular weight excluding hydrogens is 291 g/mol. The Balaban J connectivity index is 2.14. The van der Waals surface area contributed by atoms with Gasteiger partial charge in [-0.1, -0.05) is 24.4 Å². The Morgan fingerprint density at radius 1 is 1.25 bits per heavy atom. The van der Waals surface area contributed by atoms with Crippen molar-refractivity contribution < 1.29 is 0 Å². The molecule has 2 unspecified atom stereocenters. The van der Waals surface area contributed by atoms with E-state index in [0.29, 0.717) is 6.04 Å². The van der Waals surface area contributed by atoms with Crippen molar-refractivity contribution in [2.75, 3.05) is 0 Å². The Kier molecular flexibility index (Phi) is 3.96. The van der Waals surface area contributed by atoms with E-state index in [1.54, 1.807) is 0 Å². The highest BCUT2D eigenvalue weighted by molar-refractivity contribution is 6.31. The molecule has 3 rings (SSSR count). The maximum Gasteiger partial charge on any atom is 0.127 e. The van der Waals surface area contributed by atoms with Gasteiger partial charge in [-0.05, 0) is 50.8 Å². The largest absolute Gasteiger partial charge is 0.324 e. The predicted octanol–water partition coefficient (Wildman–Crippen LogP) is 5.74. The maximum atomic E-state index is 6.35. The Hall–Kier alpha value is -0.730. The fraction of sp³-hybridized carbons (Fsp3) is 0.562. The van der Waals surface area contributed by atoms with Crippen molar-refractivity contribution in [2.24, 2.45) is 5.92 Å². The van der Waals surface area contributed by atoms with Gasteiger partial charge in [0.15, 0.2) is 0 Å². The quantitative estimate of drug-likeness (QED) is 0.661. The van der Waals surface area contributed by atoms with Crippen molar-refractivity contribution in [3.05, 3.63) is 29.0 Å². The zero-order chi connectivity index (χ0) is 14.3. The molecule has 0 N–H and O–H groups in total. The second-order valence-corrected chi connectivity index (χ2v) is 6.97. The molecule has 2 nitrogen and oxygen atoms in total. The van der Waals surface area contributed by atoms with Crippen LogP contribution in [0.2, 0.25) is 5.02 Å². The first-order valence-corrected chi connectivity index (χ1v) is 8.21. The van der Waals surface area contributed by atoms with Crippen LogP contribution in [0.5, 0.6) is 0 Å².